The SMILES string of the molecule is CCn1c(SCC(=O)Nc2cccc(OC)c2)nnc1-c1ccccc1F. The van der Waals surface area contributed by atoms with Crippen molar-refractivity contribution in [2.75, 3.05) is 18.2 Å². The molecule has 0 spiro atoms. The maximum absolute atomic E-state index is 14.1. The van der Waals surface area contributed by atoms with Crippen LogP contribution in [-0.4, -0.2) is 33.5 Å². The zero-order chi connectivity index (χ0) is 19.2. The number of ether oxygens (including phenoxy) is 1. The first-order valence-electron chi connectivity index (χ1n) is 8.37. The van der Waals surface area contributed by atoms with Crippen LogP contribution in [0.3, 0.4) is 0 Å². The standard InChI is InChI=1S/C19H19FN4O2S/c1-3-24-18(15-9-4-5-10-16(15)20)22-23-19(24)27-12-17(25)21-13-7-6-8-14(11-13)26-2/h4-11H,3,12H2,1-2H3,(H,21,25). The van der Waals surface area contributed by atoms with Crippen molar-refractivity contribution in [3.8, 4) is 17.1 Å². The van der Waals surface area contributed by atoms with E-state index in [4.69, 9.17) is 4.74 Å². The van der Waals surface area contributed by atoms with Crippen LogP contribution in [0.5, 0.6) is 5.75 Å². The van der Waals surface area contributed by atoms with Crippen LogP contribution >= 0.6 is 11.8 Å². The van der Waals surface area contributed by atoms with Gasteiger partial charge in [0.2, 0.25) is 5.91 Å². The summed E-state index contributed by atoms with van der Waals surface area (Å²) in [5.41, 5.74) is 1.04. The molecule has 0 aliphatic carbocycles. The van der Waals surface area contributed by atoms with Crippen molar-refractivity contribution in [2.24, 2.45) is 0 Å². The van der Waals surface area contributed by atoms with Crippen molar-refractivity contribution < 1.29 is 13.9 Å². The number of methoxy groups -OCH3 is 1. The summed E-state index contributed by atoms with van der Waals surface area (Å²) < 4.78 is 21.0. The first-order chi connectivity index (χ1) is 13.1. The number of hydrogen-bond donors (Lipinski definition) is 1. The summed E-state index contributed by atoms with van der Waals surface area (Å²) in [5.74, 6) is 0.748. The lowest BCUT2D eigenvalue weighted by atomic mass is 10.2. The summed E-state index contributed by atoms with van der Waals surface area (Å²) in [6.45, 7) is 2.49. The quantitative estimate of drug-likeness (QED) is 0.625. The number of carbonyl (C=O) groups is 1. The van der Waals surface area contributed by atoms with Gasteiger partial charge in [0, 0.05) is 18.3 Å². The highest BCUT2D eigenvalue weighted by Gasteiger charge is 2.17. The molecule has 0 saturated carbocycles. The van der Waals surface area contributed by atoms with Crippen LogP contribution in [0.1, 0.15) is 6.92 Å². The predicted molar refractivity (Wildman–Crippen MR) is 103 cm³/mol. The van der Waals surface area contributed by atoms with Crippen LogP contribution in [0.25, 0.3) is 11.4 Å². The fourth-order valence-electron chi connectivity index (χ4n) is 2.55. The molecule has 0 unspecified atom stereocenters. The molecule has 0 aliphatic heterocycles. The maximum atomic E-state index is 14.1. The van der Waals surface area contributed by atoms with Crippen LogP contribution < -0.4 is 10.1 Å². The van der Waals surface area contributed by atoms with Gasteiger partial charge in [0.05, 0.1) is 18.4 Å². The Morgan fingerprint density at radius 2 is 2.04 bits per heavy atom. The van der Waals surface area contributed by atoms with Gasteiger partial charge in [0.1, 0.15) is 11.6 Å². The Morgan fingerprint density at radius 1 is 1.22 bits per heavy atom. The van der Waals surface area contributed by atoms with Crippen LogP contribution in [-0.2, 0) is 11.3 Å². The number of thioether (sulfide) groups is 1. The average Bonchev–Trinajstić information content (AvgIpc) is 3.09. The van der Waals surface area contributed by atoms with E-state index in [0.29, 0.717) is 34.5 Å². The fraction of sp³-hybridized carbons (Fsp3) is 0.211. The minimum absolute atomic E-state index is 0.159. The van der Waals surface area contributed by atoms with Gasteiger partial charge in [-0.15, -0.1) is 10.2 Å². The molecule has 0 bridgehead atoms. The minimum atomic E-state index is -0.355. The van der Waals surface area contributed by atoms with Crippen molar-refractivity contribution >= 4 is 23.4 Å². The number of benzene rings is 2. The van der Waals surface area contributed by atoms with E-state index in [9.17, 15) is 9.18 Å². The van der Waals surface area contributed by atoms with E-state index in [1.807, 2.05) is 6.92 Å². The lowest BCUT2D eigenvalue weighted by Gasteiger charge is -2.09. The van der Waals surface area contributed by atoms with Gasteiger partial charge in [-0.2, -0.15) is 0 Å². The summed E-state index contributed by atoms with van der Waals surface area (Å²) in [4.78, 5) is 12.2. The van der Waals surface area contributed by atoms with Crippen LogP contribution in [0, 0.1) is 5.82 Å². The first-order valence-corrected chi connectivity index (χ1v) is 9.35. The van der Waals surface area contributed by atoms with Gasteiger partial charge in [-0.1, -0.05) is 30.0 Å². The molecule has 1 heterocycles. The number of aromatic nitrogens is 3. The summed E-state index contributed by atoms with van der Waals surface area (Å²) in [6, 6.07) is 13.6. The van der Waals surface area contributed by atoms with Crippen molar-refractivity contribution in [3.05, 3.63) is 54.3 Å². The van der Waals surface area contributed by atoms with Gasteiger partial charge < -0.3 is 14.6 Å². The number of amides is 1. The van der Waals surface area contributed by atoms with Crippen LogP contribution in [0.15, 0.2) is 53.7 Å². The fourth-order valence-corrected chi connectivity index (χ4v) is 3.35. The molecule has 0 atom stereocenters. The highest BCUT2D eigenvalue weighted by Crippen LogP contribution is 2.26. The summed E-state index contributed by atoms with van der Waals surface area (Å²) in [5, 5.41) is 11.6. The molecule has 27 heavy (non-hydrogen) atoms. The zero-order valence-electron chi connectivity index (χ0n) is 15.0. The third kappa shape index (κ3) is 4.46. The van der Waals surface area contributed by atoms with E-state index in [1.54, 1.807) is 54.1 Å². The summed E-state index contributed by atoms with van der Waals surface area (Å²) >= 11 is 1.25. The molecule has 0 saturated heterocycles. The molecule has 1 amide bonds. The molecule has 2 aromatic carbocycles. The van der Waals surface area contributed by atoms with E-state index in [1.165, 1.54) is 17.8 Å². The Kier molecular flexibility index (Phi) is 6.08. The van der Waals surface area contributed by atoms with Gasteiger partial charge in [0.15, 0.2) is 11.0 Å². The number of carbonyl (C=O) groups excluding carboxylic acids is 1. The zero-order valence-corrected chi connectivity index (χ0v) is 15.8. The lowest BCUT2D eigenvalue weighted by Crippen LogP contribution is -2.14. The van der Waals surface area contributed by atoms with Gasteiger partial charge in [-0.3, -0.25) is 4.79 Å². The van der Waals surface area contributed by atoms with E-state index in [0.717, 1.165) is 0 Å². The number of rotatable bonds is 7. The Hall–Kier alpha value is -2.87. The molecule has 3 rings (SSSR count). The smallest absolute Gasteiger partial charge is 0.234 e. The van der Waals surface area contributed by atoms with E-state index >= 15 is 0 Å². The molecular formula is C19H19FN4O2S. The summed E-state index contributed by atoms with van der Waals surface area (Å²) in [7, 11) is 1.57. The Bertz CT molecular complexity index is 945. The molecule has 0 fully saturated rings. The van der Waals surface area contributed by atoms with E-state index in [2.05, 4.69) is 15.5 Å². The minimum Gasteiger partial charge on any atom is -0.497 e. The molecule has 8 heteroatoms. The topological polar surface area (TPSA) is 69.0 Å². The van der Waals surface area contributed by atoms with Crippen molar-refractivity contribution in [1.29, 1.82) is 0 Å². The van der Waals surface area contributed by atoms with Gasteiger partial charge in [0.25, 0.3) is 0 Å². The second-order valence-corrected chi connectivity index (χ2v) is 6.54. The van der Waals surface area contributed by atoms with E-state index < -0.39 is 0 Å². The predicted octanol–water partition coefficient (Wildman–Crippen LogP) is 3.84. The molecule has 1 aromatic heterocycles. The van der Waals surface area contributed by atoms with Crippen molar-refractivity contribution in [1.82, 2.24) is 14.8 Å². The van der Waals surface area contributed by atoms with Crippen molar-refractivity contribution in [3.63, 3.8) is 0 Å². The summed E-state index contributed by atoms with van der Waals surface area (Å²) in [6.07, 6.45) is 0. The molecular weight excluding hydrogens is 367 g/mol. The Morgan fingerprint density at radius 3 is 2.78 bits per heavy atom. The first kappa shape index (κ1) is 18.9. The number of anilines is 1. The molecule has 0 radical (unpaired) electrons. The Labute approximate surface area is 160 Å². The molecule has 3 aromatic rings. The highest BCUT2D eigenvalue weighted by molar-refractivity contribution is 7.99. The third-order valence-corrected chi connectivity index (χ3v) is 4.80. The Balaban J connectivity index is 1.69. The molecule has 140 valence electrons. The molecule has 1 N–H and O–H groups in total. The number of halogens is 1. The second kappa shape index (κ2) is 8.68. The van der Waals surface area contributed by atoms with Crippen LogP contribution in [0.2, 0.25) is 0 Å². The maximum Gasteiger partial charge on any atom is 0.234 e. The molecule has 6 nitrogen and oxygen atoms in total. The number of nitrogens with one attached hydrogen (secondary N) is 1. The number of hydrogen-bond acceptors (Lipinski definition) is 5. The molecule has 0 aliphatic rings. The monoisotopic (exact) mass is 386 g/mol. The normalized spacial score (nSPS) is 10.6. The van der Waals surface area contributed by atoms with Gasteiger partial charge in [-0.05, 0) is 31.2 Å². The second-order valence-electron chi connectivity index (χ2n) is 5.60. The van der Waals surface area contributed by atoms with E-state index in [-0.39, 0.29) is 17.5 Å². The largest absolute Gasteiger partial charge is 0.497 e. The third-order valence-electron chi connectivity index (χ3n) is 3.83. The highest BCUT2D eigenvalue weighted by atomic mass is 32.2. The number of nitrogens with zero attached hydrogens (tertiary/aromatic N) is 3. The van der Waals surface area contributed by atoms with Crippen LogP contribution in [0.4, 0.5) is 10.1 Å². The average molecular weight is 386 g/mol. The van der Waals surface area contributed by atoms with Gasteiger partial charge >= 0.3 is 0 Å². The van der Waals surface area contributed by atoms with Gasteiger partial charge in [-0.25, -0.2) is 4.39 Å². The lowest BCUT2D eigenvalue weighted by molar-refractivity contribution is -0.113. The van der Waals surface area contributed by atoms with Crippen molar-refractivity contribution in [2.45, 2.75) is 18.6 Å².